The Morgan fingerprint density at radius 2 is 1.86 bits per heavy atom. The first kappa shape index (κ1) is 9.40. The lowest BCUT2D eigenvalue weighted by molar-refractivity contribution is 0.360. The van der Waals surface area contributed by atoms with Gasteiger partial charge in [0.15, 0.2) is 0 Å². The molecule has 0 atom stereocenters. The highest BCUT2D eigenvalue weighted by Gasteiger charge is 2.13. The van der Waals surface area contributed by atoms with Crippen molar-refractivity contribution in [3.05, 3.63) is 18.5 Å². The first-order valence-corrected chi connectivity index (χ1v) is 5.07. The fourth-order valence-corrected chi connectivity index (χ4v) is 1.70. The second-order valence-electron chi connectivity index (χ2n) is 3.69. The topological polar surface area (TPSA) is 32.3 Å². The molecule has 2 rings (SSSR count). The summed E-state index contributed by atoms with van der Waals surface area (Å²) in [4.78, 5) is 13.1. The maximum absolute atomic E-state index is 4.27. The average Bonchev–Trinajstić information content (AvgIpc) is 2.44. The second-order valence-corrected chi connectivity index (χ2v) is 3.69. The van der Waals surface area contributed by atoms with Gasteiger partial charge < -0.3 is 9.80 Å². The maximum atomic E-state index is 4.27. The van der Waals surface area contributed by atoms with E-state index in [1.807, 2.05) is 6.07 Å². The number of rotatable bonds is 1. The lowest BCUT2D eigenvalue weighted by Gasteiger charge is -2.19. The summed E-state index contributed by atoms with van der Waals surface area (Å²) in [6.07, 6.45) is 4.79. The third kappa shape index (κ3) is 2.20. The Hall–Kier alpha value is -1.16. The lowest BCUT2D eigenvalue weighted by atomic mass is 10.4. The molecule has 1 aromatic heterocycles. The molecule has 4 heteroatoms. The molecule has 0 aromatic carbocycles. The molecule has 0 bridgehead atoms. The van der Waals surface area contributed by atoms with Gasteiger partial charge in [0, 0.05) is 32.0 Å². The van der Waals surface area contributed by atoms with Gasteiger partial charge in [-0.3, -0.25) is 0 Å². The van der Waals surface area contributed by atoms with Crippen molar-refractivity contribution in [2.24, 2.45) is 0 Å². The van der Waals surface area contributed by atoms with Gasteiger partial charge in [0.1, 0.15) is 0 Å². The fraction of sp³-hybridized carbons (Fsp3) is 0.600. The van der Waals surface area contributed by atoms with E-state index in [0.717, 1.165) is 25.6 Å². The molecule has 0 spiro atoms. The minimum atomic E-state index is 0.864. The van der Waals surface area contributed by atoms with Crippen LogP contribution in [0.25, 0.3) is 0 Å². The van der Waals surface area contributed by atoms with Gasteiger partial charge in [-0.15, -0.1) is 0 Å². The first-order valence-electron chi connectivity index (χ1n) is 5.07. The third-order valence-corrected chi connectivity index (χ3v) is 2.55. The smallest absolute Gasteiger partial charge is 0.225 e. The maximum Gasteiger partial charge on any atom is 0.225 e. The zero-order valence-electron chi connectivity index (χ0n) is 8.56. The number of aromatic nitrogens is 2. The number of nitrogens with zero attached hydrogens (tertiary/aromatic N) is 4. The zero-order chi connectivity index (χ0) is 9.80. The van der Waals surface area contributed by atoms with Gasteiger partial charge in [0.25, 0.3) is 0 Å². The molecule has 1 saturated heterocycles. The summed E-state index contributed by atoms with van der Waals surface area (Å²) in [5.74, 6) is 0.864. The predicted molar refractivity (Wildman–Crippen MR) is 56.4 cm³/mol. The summed E-state index contributed by atoms with van der Waals surface area (Å²) in [6.45, 7) is 4.36. The lowest BCUT2D eigenvalue weighted by Crippen LogP contribution is -2.29. The van der Waals surface area contributed by atoms with Crippen LogP contribution in [0.4, 0.5) is 5.95 Å². The van der Waals surface area contributed by atoms with Crippen molar-refractivity contribution in [2.45, 2.75) is 6.42 Å². The molecule has 1 aliphatic rings. The monoisotopic (exact) mass is 192 g/mol. The summed E-state index contributed by atoms with van der Waals surface area (Å²) in [5, 5.41) is 0. The van der Waals surface area contributed by atoms with Gasteiger partial charge in [-0.05, 0) is 26.1 Å². The number of hydrogen-bond acceptors (Lipinski definition) is 4. The van der Waals surface area contributed by atoms with Gasteiger partial charge in [0.2, 0.25) is 5.95 Å². The Morgan fingerprint density at radius 1 is 1.07 bits per heavy atom. The predicted octanol–water partition coefficient (Wildman–Crippen LogP) is 0.618. The van der Waals surface area contributed by atoms with Crippen molar-refractivity contribution in [1.29, 1.82) is 0 Å². The molecule has 0 saturated carbocycles. The third-order valence-electron chi connectivity index (χ3n) is 2.55. The highest BCUT2D eigenvalue weighted by Crippen LogP contribution is 2.08. The minimum absolute atomic E-state index is 0.864. The van der Waals surface area contributed by atoms with E-state index >= 15 is 0 Å². The van der Waals surface area contributed by atoms with Crippen LogP contribution in [0.5, 0.6) is 0 Å². The van der Waals surface area contributed by atoms with Crippen LogP contribution in [-0.4, -0.2) is 48.1 Å². The van der Waals surface area contributed by atoms with Crippen LogP contribution in [0.3, 0.4) is 0 Å². The molecule has 2 heterocycles. The molecule has 14 heavy (non-hydrogen) atoms. The Bertz CT molecular complexity index is 275. The van der Waals surface area contributed by atoms with Crippen LogP contribution in [0.1, 0.15) is 6.42 Å². The standard InChI is InChI=1S/C10H16N4/c1-13-6-3-7-14(9-8-13)10-11-4-2-5-12-10/h2,4-5H,3,6-9H2,1H3. The van der Waals surface area contributed by atoms with E-state index in [1.165, 1.54) is 13.0 Å². The van der Waals surface area contributed by atoms with Gasteiger partial charge in [-0.1, -0.05) is 0 Å². The summed E-state index contributed by atoms with van der Waals surface area (Å²) in [6, 6.07) is 1.85. The average molecular weight is 192 g/mol. The highest BCUT2D eigenvalue weighted by atomic mass is 15.3. The summed E-state index contributed by atoms with van der Waals surface area (Å²) >= 11 is 0. The van der Waals surface area contributed by atoms with Gasteiger partial charge >= 0.3 is 0 Å². The van der Waals surface area contributed by atoms with Crippen LogP contribution in [0, 0.1) is 0 Å². The summed E-state index contributed by atoms with van der Waals surface area (Å²) in [7, 11) is 2.16. The number of anilines is 1. The van der Waals surface area contributed by atoms with E-state index in [9.17, 15) is 0 Å². The van der Waals surface area contributed by atoms with E-state index in [1.54, 1.807) is 12.4 Å². The Kier molecular flexibility index (Phi) is 2.93. The molecule has 1 aromatic rings. The first-order chi connectivity index (χ1) is 6.86. The normalized spacial score (nSPS) is 19.4. The second kappa shape index (κ2) is 4.37. The van der Waals surface area contributed by atoms with Crippen molar-refractivity contribution in [3.8, 4) is 0 Å². The van der Waals surface area contributed by atoms with Crippen molar-refractivity contribution in [1.82, 2.24) is 14.9 Å². The van der Waals surface area contributed by atoms with Crippen LogP contribution in [0.15, 0.2) is 18.5 Å². The quantitative estimate of drug-likeness (QED) is 0.653. The molecule has 0 N–H and O–H groups in total. The molecule has 0 aliphatic carbocycles. The van der Waals surface area contributed by atoms with Crippen LogP contribution in [0.2, 0.25) is 0 Å². The van der Waals surface area contributed by atoms with Crippen molar-refractivity contribution in [2.75, 3.05) is 38.1 Å². The molecule has 76 valence electrons. The van der Waals surface area contributed by atoms with E-state index in [4.69, 9.17) is 0 Å². The van der Waals surface area contributed by atoms with E-state index in [-0.39, 0.29) is 0 Å². The minimum Gasteiger partial charge on any atom is -0.339 e. The fourth-order valence-electron chi connectivity index (χ4n) is 1.70. The number of hydrogen-bond donors (Lipinski definition) is 0. The molecule has 1 aliphatic heterocycles. The molecular formula is C10H16N4. The Labute approximate surface area is 84.6 Å². The largest absolute Gasteiger partial charge is 0.339 e. The molecule has 4 nitrogen and oxygen atoms in total. The molecule has 0 radical (unpaired) electrons. The van der Waals surface area contributed by atoms with Gasteiger partial charge in [-0.25, -0.2) is 9.97 Å². The summed E-state index contributed by atoms with van der Waals surface area (Å²) in [5.41, 5.74) is 0. The molecule has 1 fully saturated rings. The van der Waals surface area contributed by atoms with Crippen LogP contribution >= 0.6 is 0 Å². The van der Waals surface area contributed by atoms with Crippen molar-refractivity contribution >= 4 is 5.95 Å². The van der Waals surface area contributed by atoms with Crippen LogP contribution < -0.4 is 4.90 Å². The molecule has 0 amide bonds. The van der Waals surface area contributed by atoms with Crippen molar-refractivity contribution in [3.63, 3.8) is 0 Å². The highest BCUT2D eigenvalue weighted by molar-refractivity contribution is 5.28. The van der Waals surface area contributed by atoms with E-state index < -0.39 is 0 Å². The zero-order valence-corrected chi connectivity index (χ0v) is 8.56. The van der Waals surface area contributed by atoms with Crippen LogP contribution in [-0.2, 0) is 0 Å². The Balaban J connectivity index is 2.04. The summed E-state index contributed by atoms with van der Waals surface area (Å²) < 4.78 is 0. The Morgan fingerprint density at radius 3 is 2.64 bits per heavy atom. The number of likely N-dealkylation sites (N-methyl/N-ethyl adjacent to an activating group) is 1. The van der Waals surface area contributed by atoms with Gasteiger partial charge in [-0.2, -0.15) is 0 Å². The van der Waals surface area contributed by atoms with Crippen molar-refractivity contribution < 1.29 is 0 Å². The molecular weight excluding hydrogens is 176 g/mol. The van der Waals surface area contributed by atoms with Gasteiger partial charge in [0.05, 0.1) is 0 Å². The molecule has 0 unspecified atom stereocenters. The van der Waals surface area contributed by atoms with E-state index in [2.05, 4.69) is 26.8 Å². The van der Waals surface area contributed by atoms with E-state index in [0.29, 0.717) is 0 Å². The SMILES string of the molecule is CN1CCCN(c2ncccn2)CC1.